The maximum absolute atomic E-state index is 13.1. The van der Waals surface area contributed by atoms with Crippen molar-refractivity contribution in [1.82, 2.24) is 5.32 Å². The summed E-state index contributed by atoms with van der Waals surface area (Å²) in [5.41, 5.74) is 0. The largest absolute Gasteiger partial charge is 0.394 e. The first kappa shape index (κ1) is 55.9. The first-order valence-corrected chi connectivity index (χ1v) is 24.6. The molecule has 350 valence electrons. The van der Waals surface area contributed by atoms with Gasteiger partial charge in [0.05, 0.1) is 25.4 Å². The second-order valence-corrected chi connectivity index (χ2v) is 17.5. The fraction of sp³-hybridized carbons (Fsp3) is 0.938. The van der Waals surface area contributed by atoms with Gasteiger partial charge in [-0.1, -0.05) is 206 Å². The molecule has 9 atom stereocenters. The van der Waals surface area contributed by atoms with Crippen LogP contribution in [0.3, 0.4) is 0 Å². The van der Waals surface area contributed by atoms with Crippen molar-refractivity contribution in [3.63, 3.8) is 0 Å². The van der Waals surface area contributed by atoms with Gasteiger partial charge >= 0.3 is 0 Å². The van der Waals surface area contributed by atoms with Gasteiger partial charge in [0.25, 0.3) is 0 Å². The molecule has 1 saturated heterocycles. The third-order valence-electron chi connectivity index (χ3n) is 12.1. The molecule has 11 heteroatoms. The summed E-state index contributed by atoms with van der Waals surface area (Å²) >= 11 is 0. The standard InChI is InChI=1S/C48H93NO10/c1-3-5-7-9-11-13-15-17-18-19-20-21-22-23-24-26-28-30-32-34-36-41(52)47(57)49-39(38-58-48-46(56)45(55)44(54)42(37-50)59-48)43(53)40(51)35-33-31-29-27-25-16-14-12-10-8-6-4-2/h32,34,39-46,48,50-56H,3-31,33,35-38H2,1-2H3,(H,49,57)/b34-32-. The highest BCUT2D eigenvalue weighted by Gasteiger charge is 2.44. The number of carbonyl (C=O) groups is 1. The van der Waals surface area contributed by atoms with Crippen LogP contribution in [0.5, 0.6) is 0 Å². The number of hydrogen-bond acceptors (Lipinski definition) is 10. The molecule has 59 heavy (non-hydrogen) atoms. The second-order valence-electron chi connectivity index (χ2n) is 17.5. The summed E-state index contributed by atoms with van der Waals surface area (Å²) in [7, 11) is 0. The van der Waals surface area contributed by atoms with E-state index < -0.39 is 74.2 Å². The average molecular weight is 844 g/mol. The fourth-order valence-electron chi connectivity index (χ4n) is 7.98. The summed E-state index contributed by atoms with van der Waals surface area (Å²) < 4.78 is 11.1. The van der Waals surface area contributed by atoms with E-state index in [1.165, 1.54) is 148 Å². The van der Waals surface area contributed by atoms with Crippen LogP contribution in [0, 0.1) is 0 Å². The topological polar surface area (TPSA) is 189 Å². The number of amides is 1. The van der Waals surface area contributed by atoms with Crippen molar-refractivity contribution < 1.29 is 50.0 Å². The Bertz CT molecular complexity index is 970. The number of aliphatic hydroxyl groups excluding tert-OH is 7. The van der Waals surface area contributed by atoms with Crippen molar-refractivity contribution in [3.8, 4) is 0 Å². The van der Waals surface area contributed by atoms with Crippen LogP contribution in [0.15, 0.2) is 12.2 Å². The van der Waals surface area contributed by atoms with Gasteiger partial charge in [-0.05, 0) is 19.3 Å². The molecular formula is C48H93NO10. The van der Waals surface area contributed by atoms with E-state index in [-0.39, 0.29) is 6.42 Å². The number of hydrogen-bond donors (Lipinski definition) is 8. The fourth-order valence-corrected chi connectivity index (χ4v) is 7.98. The number of ether oxygens (including phenoxy) is 2. The lowest BCUT2D eigenvalue weighted by Crippen LogP contribution is -2.60. The Morgan fingerprint density at radius 1 is 0.593 bits per heavy atom. The summed E-state index contributed by atoms with van der Waals surface area (Å²) in [6, 6.07) is -1.18. The lowest BCUT2D eigenvalue weighted by Gasteiger charge is -2.40. The third kappa shape index (κ3) is 28.2. The Morgan fingerprint density at radius 3 is 1.46 bits per heavy atom. The molecule has 0 spiro atoms. The van der Waals surface area contributed by atoms with Gasteiger partial charge in [0.15, 0.2) is 6.29 Å². The van der Waals surface area contributed by atoms with Gasteiger partial charge in [0.1, 0.15) is 36.6 Å². The summed E-state index contributed by atoms with van der Waals surface area (Å²) in [6.07, 6.45) is 29.9. The molecule has 0 radical (unpaired) electrons. The Hall–Kier alpha value is -1.15. The minimum absolute atomic E-state index is 0.0859. The summed E-state index contributed by atoms with van der Waals surface area (Å²) in [5, 5.41) is 75.6. The van der Waals surface area contributed by atoms with E-state index >= 15 is 0 Å². The maximum Gasteiger partial charge on any atom is 0.249 e. The molecule has 0 aromatic heterocycles. The van der Waals surface area contributed by atoms with Gasteiger partial charge in [0, 0.05) is 6.42 Å². The molecule has 1 heterocycles. The minimum atomic E-state index is -1.66. The zero-order valence-corrected chi connectivity index (χ0v) is 37.7. The van der Waals surface area contributed by atoms with Crippen molar-refractivity contribution >= 4 is 5.91 Å². The molecule has 0 aromatic rings. The predicted molar refractivity (Wildman–Crippen MR) is 238 cm³/mol. The van der Waals surface area contributed by atoms with Crippen LogP contribution in [0.4, 0.5) is 0 Å². The van der Waals surface area contributed by atoms with E-state index in [1.54, 1.807) is 6.08 Å². The van der Waals surface area contributed by atoms with Gasteiger partial charge in [0.2, 0.25) is 5.91 Å². The third-order valence-corrected chi connectivity index (χ3v) is 12.1. The summed E-state index contributed by atoms with van der Waals surface area (Å²) in [4.78, 5) is 13.1. The average Bonchev–Trinajstić information content (AvgIpc) is 3.23. The van der Waals surface area contributed by atoms with E-state index in [0.717, 1.165) is 38.5 Å². The Kier molecular flexibility index (Phi) is 36.5. The quantitative estimate of drug-likeness (QED) is 0.0219. The Morgan fingerprint density at radius 2 is 1.02 bits per heavy atom. The summed E-state index contributed by atoms with van der Waals surface area (Å²) in [6.45, 7) is 3.42. The van der Waals surface area contributed by atoms with Crippen molar-refractivity contribution in [2.45, 2.75) is 274 Å². The number of carbonyl (C=O) groups excluding carboxylic acids is 1. The lowest BCUT2D eigenvalue weighted by molar-refractivity contribution is -0.303. The van der Waals surface area contributed by atoms with Gasteiger partial charge in [-0.15, -0.1) is 0 Å². The molecule has 0 aliphatic carbocycles. The number of nitrogens with one attached hydrogen (secondary N) is 1. The van der Waals surface area contributed by atoms with Crippen LogP contribution in [-0.4, -0.2) is 110 Å². The van der Waals surface area contributed by atoms with Crippen LogP contribution >= 0.6 is 0 Å². The lowest BCUT2D eigenvalue weighted by atomic mass is 9.98. The molecule has 1 rings (SSSR count). The van der Waals surface area contributed by atoms with Crippen molar-refractivity contribution in [2.75, 3.05) is 13.2 Å². The van der Waals surface area contributed by atoms with E-state index in [9.17, 15) is 40.5 Å². The van der Waals surface area contributed by atoms with E-state index in [2.05, 4.69) is 19.2 Å². The van der Waals surface area contributed by atoms with Crippen LogP contribution in [0.25, 0.3) is 0 Å². The van der Waals surface area contributed by atoms with Crippen molar-refractivity contribution in [1.29, 1.82) is 0 Å². The predicted octanol–water partition coefficient (Wildman–Crippen LogP) is 8.45. The van der Waals surface area contributed by atoms with Crippen LogP contribution < -0.4 is 5.32 Å². The molecular weight excluding hydrogens is 751 g/mol. The van der Waals surface area contributed by atoms with Crippen LogP contribution in [0.1, 0.15) is 219 Å². The first-order chi connectivity index (χ1) is 28.7. The normalized spacial score (nSPS) is 21.8. The Balaban J connectivity index is 2.41. The molecule has 1 aliphatic rings. The highest BCUT2D eigenvalue weighted by molar-refractivity contribution is 5.81. The number of rotatable bonds is 41. The number of aliphatic hydroxyl groups is 7. The minimum Gasteiger partial charge on any atom is -0.394 e. The van der Waals surface area contributed by atoms with Gasteiger partial charge in [-0.2, -0.15) is 0 Å². The number of unbranched alkanes of at least 4 members (excludes halogenated alkanes) is 28. The van der Waals surface area contributed by atoms with Crippen molar-refractivity contribution in [3.05, 3.63) is 12.2 Å². The smallest absolute Gasteiger partial charge is 0.249 e. The number of allylic oxidation sites excluding steroid dienone is 1. The van der Waals surface area contributed by atoms with Gasteiger partial charge < -0.3 is 50.5 Å². The molecule has 9 unspecified atom stereocenters. The van der Waals surface area contributed by atoms with Crippen LogP contribution in [-0.2, 0) is 14.3 Å². The maximum atomic E-state index is 13.1. The zero-order chi connectivity index (χ0) is 43.4. The SMILES string of the molecule is CCCCCCCCCCCCCCCCCCC/C=C\CC(O)C(=O)NC(COC1OC(CO)C(O)C(O)C1O)C(O)C(O)CCCCCCCCCCCCCC. The molecule has 0 saturated carbocycles. The molecule has 0 bridgehead atoms. The Labute approximate surface area is 360 Å². The van der Waals surface area contributed by atoms with Crippen molar-refractivity contribution in [2.24, 2.45) is 0 Å². The molecule has 1 amide bonds. The van der Waals surface area contributed by atoms with Crippen LogP contribution in [0.2, 0.25) is 0 Å². The second kappa shape index (κ2) is 38.5. The highest BCUT2D eigenvalue weighted by Crippen LogP contribution is 2.23. The molecule has 8 N–H and O–H groups in total. The zero-order valence-electron chi connectivity index (χ0n) is 37.7. The van der Waals surface area contributed by atoms with Gasteiger partial charge in [-0.25, -0.2) is 0 Å². The molecule has 11 nitrogen and oxygen atoms in total. The van der Waals surface area contributed by atoms with E-state index in [0.29, 0.717) is 12.8 Å². The first-order valence-electron chi connectivity index (χ1n) is 24.6. The molecule has 0 aromatic carbocycles. The summed E-state index contributed by atoms with van der Waals surface area (Å²) in [5.74, 6) is -0.744. The molecule has 1 fully saturated rings. The highest BCUT2D eigenvalue weighted by atomic mass is 16.7. The van der Waals surface area contributed by atoms with Gasteiger partial charge in [-0.3, -0.25) is 4.79 Å². The van der Waals surface area contributed by atoms with E-state index in [1.807, 2.05) is 6.08 Å². The monoisotopic (exact) mass is 844 g/mol. The molecule has 1 aliphatic heterocycles. The van der Waals surface area contributed by atoms with E-state index in [4.69, 9.17) is 9.47 Å².